The molecule has 0 spiro atoms. The lowest BCUT2D eigenvalue weighted by Gasteiger charge is -2.09. The second-order valence-electron chi connectivity index (χ2n) is 6.59. The van der Waals surface area contributed by atoms with Gasteiger partial charge in [-0.1, -0.05) is 36.4 Å². The number of nitrogens with one attached hydrogen (secondary N) is 1. The van der Waals surface area contributed by atoms with E-state index < -0.39 is 5.91 Å². The summed E-state index contributed by atoms with van der Waals surface area (Å²) in [5.74, 6) is -0.0898. The monoisotopic (exact) mass is 400 g/mol. The molecule has 30 heavy (non-hydrogen) atoms. The van der Waals surface area contributed by atoms with Gasteiger partial charge in [0.1, 0.15) is 23.2 Å². The Hall–Kier alpha value is -3.91. The van der Waals surface area contributed by atoms with Gasteiger partial charge in [-0.15, -0.1) is 0 Å². The Morgan fingerprint density at radius 1 is 1.10 bits per heavy atom. The number of anilines is 1. The average Bonchev–Trinajstić information content (AvgIpc) is 2.74. The highest BCUT2D eigenvalue weighted by Crippen LogP contribution is 2.20. The molecule has 0 aliphatic rings. The van der Waals surface area contributed by atoms with Gasteiger partial charge in [-0.2, -0.15) is 5.26 Å². The molecule has 0 atom stereocenters. The molecule has 0 saturated carbocycles. The first-order valence-corrected chi connectivity index (χ1v) is 9.57. The Balaban J connectivity index is 1.80. The maximum Gasteiger partial charge on any atom is 0.266 e. The van der Waals surface area contributed by atoms with Gasteiger partial charge in [0.2, 0.25) is 0 Å². The van der Waals surface area contributed by atoms with Crippen molar-refractivity contribution in [3.8, 4) is 11.8 Å². The summed E-state index contributed by atoms with van der Waals surface area (Å²) in [7, 11) is 0. The molecule has 0 bridgehead atoms. The van der Waals surface area contributed by atoms with Gasteiger partial charge in [0.05, 0.1) is 6.61 Å². The molecule has 0 aliphatic heterocycles. The van der Waals surface area contributed by atoms with Crippen LogP contribution in [0.4, 0.5) is 10.1 Å². The van der Waals surface area contributed by atoms with Crippen LogP contribution < -0.4 is 10.1 Å². The zero-order chi connectivity index (χ0) is 21.3. The van der Waals surface area contributed by atoms with E-state index in [0.29, 0.717) is 24.5 Å². The van der Waals surface area contributed by atoms with E-state index in [2.05, 4.69) is 5.32 Å². The van der Waals surface area contributed by atoms with Gasteiger partial charge in [-0.05, 0) is 72.5 Å². The first kappa shape index (κ1) is 20.8. The number of nitriles is 1. The van der Waals surface area contributed by atoms with Crippen molar-refractivity contribution in [3.05, 3.63) is 101 Å². The van der Waals surface area contributed by atoms with Crippen molar-refractivity contribution in [2.24, 2.45) is 0 Å². The van der Waals surface area contributed by atoms with Crippen LogP contribution in [0.2, 0.25) is 0 Å². The number of amides is 1. The van der Waals surface area contributed by atoms with Crippen molar-refractivity contribution in [3.63, 3.8) is 0 Å². The van der Waals surface area contributed by atoms with Crippen LogP contribution in [-0.4, -0.2) is 12.5 Å². The molecule has 4 nitrogen and oxygen atoms in total. The Morgan fingerprint density at radius 2 is 1.87 bits per heavy atom. The third-order valence-electron chi connectivity index (χ3n) is 4.43. The van der Waals surface area contributed by atoms with E-state index in [1.165, 1.54) is 12.1 Å². The van der Waals surface area contributed by atoms with Gasteiger partial charge in [-0.25, -0.2) is 4.39 Å². The van der Waals surface area contributed by atoms with Crippen molar-refractivity contribution in [1.29, 1.82) is 5.26 Å². The predicted molar refractivity (Wildman–Crippen MR) is 115 cm³/mol. The molecule has 0 radical (unpaired) electrons. The lowest BCUT2D eigenvalue weighted by molar-refractivity contribution is -0.112. The lowest BCUT2D eigenvalue weighted by atomic mass is 9.98. The van der Waals surface area contributed by atoms with Crippen molar-refractivity contribution in [2.45, 2.75) is 13.3 Å². The molecule has 3 aromatic rings. The lowest BCUT2D eigenvalue weighted by Crippen LogP contribution is -2.13. The van der Waals surface area contributed by atoms with Gasteiger partial charge >= 0.3 is 0 Å². The minimum Gasteiger partial charge on any atom is -0.494 e. The molecule has 1 amide bonds. The zero-order valence-corrected chi connectivity index (χ0v) is 16.6. The van der Waals surface area contributed by atoms with E-state index >= 15 is 0 Å². The third-order valence-corrected chi connectivity index (χ3v) is 4.43. The molecule has 3 rings (SSSR count). The predicted octanol–water partition coefficient (Wildman–Crippen LogP) is 5.36. The van der Waals surface area contributed by atoms with Crippen molar-refractivity contribution < 1.29 is 13.9 Å². The van der Waals surface area contributed by atoms with Crippen molar-refractivity contribution in [1.82, 2.24) is 0 Å². The number of carbonyl (C=O) groups excluding carboxylic acids is 1. The molecule has 0 heterocycles. The van der Waals surface area contributed by atoms with Gasteiger partial charge in [0.15, 0.2) is 0 Å². The second kappa shape index (κ2) is 10.0. The fourth-order valence-electron chi connectivity index (χ4n) is 3.01. The van der Waals surface area contributed by atoms with Crippen LogP contribution in [0.25, 0.3) is 6.08 Å². The van der Waals surface area contributed by atoms with E-state index in [1.54, 1.807) is 36.4 Å². The SMILES string of the molecule is CCOc1ccc(NC(=O)/C(C#N)=C/c2ccccc2Cc2cccc(F)c2)cc1. The summed E-state index contributed by atoms with van der Waals surface area (Å²) in [5, 5.41) is 12.2. The fraction of sp³-hybridized carbons (Fsp3) is 0.120. The zero-order valence-electron chi connectivity index (χ0n) is 16.6. The number of hydrogen-bond donors (Lipinski definition) is 1. The maximum atomic E-state index is 13.5. The fourth-order valence-corrected chi connectivity index (χ4v) is 3.01. The summed E-state index contributed by atoms with van der Waals surface area (Å²) >= 11 is 0. The largest absolute Gasteiger partial charge is 0.494 e. The molecular formula is C25H21FN2O2. The summed E-state index contributed by atoms with van der Waals surface area (Å²) < 4.78 is 18.9. The topological polar surface area (TPSA) is 62.1 Å². The van der Waals surface area contributed by atoms with Crippen LogP contribution in [0.3, 0.4) is 0 Å². The molecule has 0 saturated heterocycles. The van der Waals surface area contributed by atoms with Crippen LogP contribution in [-0.2, 0) is 11.2 Å². The first-order valence-electron chi connectivity index (χ1n) is 9.57. The Morgan fingerprint density at radius 3 is 2.57 bits per heavy atom. The smallest absolute Gasteiger partial charge is 0.266 e. The highest BCUT2D eigenvalue weighted by Gasteiger charge is 2.11. The highest BCUT2D eigenvalue weighted by atomic mass is 19.1. The minimum absolute atomic E-state index is 0.0180. The van der Waals surface area contributed by atoms with Gasteiger partial charge in [-0.3, -0.25) is 4.79 Å². The quantitative estimate of drug-likeness (QED) is 0.429. The minimum atomic E-state index is -0.498. The van der Waals surface area contributed by atoms with Gasteiger partial charge in [0.25, 0.3) is 5.91 Å². The van der Waals surface area contributed by atoms with E-state index in [9.17, 15) is 14.4 Å². The Labute approximate surface area is 175 Å². The molecule has 150 valence electrons. The number of carbonyl (C=O) groups is 1. The molecular weight excluding hydrogens is 379 g/mol. The molecule has 0 aliphatic carbocycles. The molecule has 0 aromatic heterocycles. The number of nitrogens with zero attached hydrogens (tertiary/aromatic N) is 1. The molecule has 1 N–H and O–H groups in total. The highest BCUT2D eigenvalue weighted by molar-refractivity contribution is 6.09. The van der Waals surface area contributed by atoms with Crippen LogP contribution in [0.5, 0.6) is 5.75 Å². The van der Waals surface area contributed by atoms with Crippen LogP contribution >= 0.6 is 0 Å². The number of benzene rings is 3. The Kier molecular flexibility index (Phi) is 6.96. The normalized spacial score (nSPS) is 10.9. The van der Waals surface area contributed by atoms with Crippen LogP contribution in [0.1, 0.15) is 23.6 Å². The molecule has 0 unspecified atom stereocenters. The van der Waals surface area contributed by atoms with Crippen molar-refractivity contribution in [2.75, 3.05) is 11.9 Å². The van der Waals surface area contributed by atoms with Crippen molar-refractivity contribution >= 4 is 17.7 Å². The number of rotatable bonds is 7. The molecule has 0 fully saturated rings. The summed E-state index contributed by atoms with van der Waals surface area (Å²) in [4.78, 5) is 12.6. The average molecular weight is 400 g/mol. The maximum absolute atomic E-state index is 13.5. The first-order chi connectivity index (χ1) is 14.6. The Bertz CT molecular complexity index is 1100. The van der Waals surface area contributed by atoms with E-state index in [4.69, 9.17) is 4.74 Å². The van der Waals surface area contributed by atoms with E-state index in [1.807, 2.05) is 43.3 Å². The summed E-state index contributed by atoms with van der Waals surface area (Å²) in [6.07, 6.45) is 2.04. The van der Waals surface area contributed by atoms with E-state index in [-0.39, 0.29) is 11.4 Å². The third kappa shape index (κ3) is 5.55. The van der Waals surface area contributed by atoms with Gasteiger partial charge < -0.3 is 10.1 Å². The molecule has 3 aromatic carbocycles. The summed E-state index contributed by atoms with van der Waals surface area (Å²) in [5.41, 5.74) is 2.99. The van der Waals surface area contributed by atoms with Crippen LogP contribution in [0, 0.1) is 17.1 Å². The van der Waals surface area contributed by atoms with Gasteiger partial charge in [0, 0.05) is 5.69 Å². The summed E-state index contributed by atoms with van der Waals surface area (Å²) in [6.45, 7) is 2.45. The summed E-state index contributed by atoms with van der Waals surface area (Å²) in [6, 6.07) is 22.7. The van der Waals surface area contributed by atoms with Crippen LogP contribution in [0.15, 0.2) is 78.4 Å². The second-order valence-corrected chi connectivity index (χ2v) is 6.59. The number of halogens is 1. The molecule has 5 heteroatoms. The number of ether oxygens (including phenoxy) is 1. The number of hydrogen-bond acceptors (Lipinski definition) is 3. The van der Waals surface area contributed by atoms with E-state index in [0.717, 1.165) is 16.7 Å². The standard InChI is InChI=1S/C25H21FN2O2/c1-2-30-24-12-10-23(11-13-24)28-25(29)21(17-27)16-20-8-4-3-7-19(20)14-18-6-5-9-22(26)15-18/h3-13,15-16H,2,14H2,1H3,(H,28,29)/b21-16+.